The monoisotopic (exact) mass is 280 g/mol. The van der Waals surface area contributed by atoms with Gasteiger partial charge in [0.05, 0.1) is 5.92 Å². The van der Waals surface area contributed by atoms with E-state index >= 15 is 0 Å². The maximum absolute atomic E-state index is 5.81. The van der Waals surface area contributed by atoms with Gasteiger partial charge in [-0.05, 0) is 38.1 Å². The minimum Gasteiger partial charge on any atom is -0.440 e. The van der Waals surface area contributed by atoms with Crippen molar-refractivity contribution < 1.29 is 4.42 Å². The van der Waals surface area contributed by atoms with Crippen LogP contribution in [0.4, 0.5) is 0 Å². The van der Waals surface area contributed by atoms with Gasteiger partial charge < -0.3 is 9.73 Å². The highest BCUT2D eigenvalue weighted by Crippen LogP contribution is 2.30. The van der Waals surface area contributed by atoms with Crippen LogP contribution in [0, 0.1) is 0 Å². The Balaban J connectivity index is 2.04. The number of nitrogens with zero attached hydrogens (tertiary/aromatic N) is 1. The molecule has 2 atom stereocenters. The molecule has 2 aromatic rings. The van der Waals surface area contributed by atoms with E-state index in [2.05, 4.69) is 33.2 Å². The lowest BCUT2D eigenvalue weighted by molar-refractivity contribution is 0.447. The van der Waals surface area contributed by atoms with Gasteiger partial charge in [0.2, 0.25) is 0 Å². The third-order valence-corrected chi connectivity index (χ3v) is 3.70. The molecule has 1 N–H and O–H groups in total. The van der Waals surface area contributed by atoms with E-state index in [1.807, 2.05) is 18.2 Å². The lowest BCUT2D eigenvalue weighted by Gasteiger charge is -2.09. The van der Waals surface area contributed by atoms with Crippen molar-refractivity contribution in [3.8, 4) is 0 Å². The highest BCUT2D eigenvalue weighted by atomic mass is 79.9. The summed E-state index contributed by atoms with van der Waals surface area (Å²) in [6, 6.07) is 6.39. The fraction of sp³-hybridized carbons (Fsp3) is 0.417. The zero-order valence-corrected chi connectivity index (χ0v) is 10.6. The molecule has 1 fully saturated rings. The molecule has 1 aromatic carbocycles. The van der Waals surface area contributed by atoms with E-state index in [4.69, 9.17) is 4.42 Å². The van der Waals surface area contributed by atoms with Crippen LogP contribution in [0.2, 0.25) is 0 Å². The normalized spacial score (nSPS) is 25.4. The number of halogens is 1. The lowest BCUT2D eigenvalue weighted by Crippen LogP contribution is -2.21. The predicted octanol–water partition coefficient (Wildman–Crippen LogP) is 3.06. The van der Waals surface area contributed by atoms with Gasteiger partial charge >= 0.3 is 0 Å². The molecule has 4 heteroatoms. The summed E-state index contributed by atoms with van der Waals surface area (Å²) in [6.07, 6.45) is 1.11. The first-order valence-corrected chi connectivity index (χ1v) is 6.33. The molecule has 0 aliphatic carbocycles. The Kier molecular flexibility index (Phi) is 2.48. The Morgan fingerprint density at radius 2 is 2.38 bits per heavy atom. The van der Waals surface area contributed by atoms with Gasteiger partial charge in [-0.3, -0.25) is 0 Å². The van der Waals surface area contributed by atoms with Crippen molar-refractivity contribution in [2.75, 3.05) is 6.54 Å². The first-order chi connectivity index (χ1) is 7.74. The van der Waals surface area contributed by atoms with E-state index in [1.54, 1.807) is 0 Å². The smallest absolute Gasteiger partial charge is 0.200 e. The zero-order chi connectivity index (χ0) is 11.1. The summed E-state index contributed by atoms with van der Waals surface area (Å²) in [4.78, 5) is 4.57. The summed E-state index contributed by atoms with van der Waals surface area (Å²) in [7, 11) is 0. The molecular weight excluding hydrogens is 268 g/mol. The van der Waals surface area contributed by atoms with Crippen molar-refractivity contribution >= 4 is 27.0 Å². The largest absolute Gasteiger partial charge is 0.440 e. The van der Waals surface area contributed by atoms with Crippen LogP contribution < -0.4 is 5.32 Å². The Bertz CT molecular complexity index is 523. The fourth-order valence-electron chi connectivity index (χ4n) is 2.27. The average molecular weight is 281 g/mol. The van der Waals surface area contributed by atoms with Crippen LogP contribution in [0.3, 0.4) is 0 Å². The number of hydrogen-bond acceptors (Lipinski definition) is 3. The minimum atomic E-state index is 0.408. The third kappa shape index (κ3) is 1.66. The summed E-state index contributed by atoms with van der Waals surface area (Å²) < 4.78 is 6.84. The van der Waals surface area contributed by atoms with Crippen LogP contribution >= 0.6 is 15.9 Å². The summed E-state index contributed by atoms with van der Waals surface area (Å²) in [5.74, 6) is 1.27. The summed E-state index contributed by atoms with van der Waals surface area (Å²) >= 11 is 3.44. The Hall–Kier alpha value is -0.870. The fourth-order valence-corrected chi connectivity index (χ4v) is 2.62. The number of rotatable bonds is 1. The third-order valence-electron chi connectivity index (χ3n) is 3.21. The Labute approximate surface area is 102 Å². The van der Waals surface area contributed by atoms with Gasteiger partial charge in [-0.15, -0.1) is 0 Å². The number of nitrogens with one attached hydrogen (secondary N) is 1. The van der Waals surface area contributed by atoms with E-state index in [0.717, 1.165) is 34.4 Å². The number of hydrogen-bond donors (Lipinski definition) is 1. The molecule has 0 bridgehead atoms. The molecule has 16 heavy (non-hydrogen) atoms. The molecule has 2 unspecified atom stereocenters. The maximum Gasteiger partial charge on any atom is 0.200 e. The van der Waals surface area contributed by atoms with Crippen molar-refractivity contribution in [2.24, 2.45) is 0 Å². The van der Waals surface area contributed by atoms with Gasteiger partial charge in [0.15, 0.2) is 11.5 Å². The second-order valence-corrected chi connectivity index (χ2v) is 5.22. The molecule has 0 radical (unpaired) electrons. The van der Waals surface area contributed by atoms with Gasteiger partial charge in [-0.2, -0.15) is 0 Å². The van der Waals surface area contributed by atoms with E-state index in [0.29, 0.717) is 12.0 Å². The standard InChI is InChI=1S/C12H13BrN2O/c1-7-9(4-5-14-7)12-15-10-6-8(13)2-3-11(10)16-12/h2-3,6-7,9,14H,4-5H2,1H3. The number of aromatic nitrogens is 1. The van der Waals surface area contributed by atoms with E-state index in [1.165, 1.54) is 0 Å². The Morgan fingerprint density at radius 1 is 1.50 bits per heavy atom. The average Bonchev–Trinajstić information content (AvgIpc) is 2.82. The maximum atomic E-state index is 5.81. The van der Waals surface area contributed by atoms with Gasteiger partial charge in [-0.25, -0.2) is 4.98 Å². The minimum absolute atomic E-state index is 0.408. The molecule has 2 heterocycles. The topological polar surface area (TPSA) is 38.1 Å². The van der Waals surface area contributed by atoms with Crippen LogP contribution in [-0.2, 0) is 0 Å². The molecule has 0 spiro atoms. The van der Waals surface area contributed by atoms with E-state index < -0.39 is 0 Å². The number of oxazole rings is 1. The molecule has 84 valence electrons. The summed E-state index contributed by atoms with van der Waals surface area (Å²) in [6.45, 7) is 3.23. The van der Waals surface area contributed by atoms with Gasteiger partial charge in [0, 0.05) is 10.5 Å². The van der Waals surface area contributed by atoms with E-state index in [-0.39, 0.29) is 0 Å². The lowest BCUT2D eigenvalue weighted by atomic mass is 10.0. The first-order valence-electron chi connectivity index (χ1n) is 5.53. The van der Waals surface area contributed by atoms with Crippen molar-refractivity contribution in [3.05, 3.63) is 28.6 Å². The second kappa shape index (κ2) is 3.86. The van der Waals surface area contributed by atoms with Gasteiger partial charge in [0.25, 0.3) is 0 Å². The van der Waals surface area contributed by atoms with Crippen LogP contribution in [0.25, 0.3) is 11.1 Å². The Morgan fingerprint density at radius 3 is 3.12 bits per heavy atom. The molecule has 1 saturated heterocycles. The quantitative estimate of drug-likeness (QED) is 0.873. The zero-order valence-electron chi connectivity index (χ0n) is 9.03. The molecule has 1 aliphatic rings. The molecule has 1 aromatic heterocycles. The predicted molar refractivity (Wildman–Crippen MR) is 66.5 cm³/mol. The molecule has 3 rings (SSSR count). The van der Waals surface area contributed by atoms with Crippen LogP contribution in [0.15, 0.2) is 27.1 Å². The number of fused-ring (bicyclic) bond motifs is 1. The van der Waals surface area contributed by atoms with Crippen molar-refractivity contribution in [1.29, 1.82) is 0 Å². The highest BCUT2D eigenvalue weighted by Gasteiger charge is 2.28. The highest BCUT2D eigenvalue weighted by molar-refractivity contribution is 9.10. The van der Waals surface area contributed by atoms with Crippen molar-refractivity contribution in [1.82, 2.24) is 10.3 Å². The van der Waals surface area contributed by atoms with Crippen LogP contribution in [0.1, 0.15) is 25.2 Å². The molecule has 0 saturated carbocycles. The molecule has 0 amide bonds. The summed E-state index contributed by atoms with van der Waals surface area (Å²) in [5, 5.41) is 3.41. The van der Waals surface area contributed by atoms with E-state index in [9.17, 15) is 0 Å². The number of benzene rings is 1. The van der Waals surface area contributed by atoms with Gasteiger partial charge in [-0.1, -0.05) is 15.9 Å². The molecule has 3 nitrogen and oxygen atoms in total. The van der Waals surface area contributed by atoms with Crippen molar-refractivity contribution in [2.45, 2.75) is 25.3 Å². The second-order valence-electron chi connectivity index (χ2n) is 4.30. The van der Waals surface area contributed by atoms with Crippen LogP contribution in [0.5, 0.6) is 0 Å². The first kappa shape index (κ1) is 10.3. The van der Waals surface area contributed by atoms with Gasteiger partial charge in [0.1, 0.15) is 5.52 Å². The summed E-state index contributed by atoms with van der Waals surface area (Å²) in [5.41, 5.74) is 1.81. The van der Waals surface area contributed by atoms with Crippen LogP contribution in [-0.4, -0.2) is 17.6 Å². The molecule has 1 aliphatic heterocycles. The molecular formula is C12H13BrN2O. The SMILES string of the molecule is CC1NCCC1c1nc2cc(Br)ccc2o1. The van der Waals surface area contributed by atoms with Crippen molar-refractivity contribution in [3.63, 3.8) is 0 Å².